The maximum atomic E-state index is 13.6. The molecule has 8 heteroatoms. The number of carbonyl (C=O) groups excluding carboxylic acids is 2. The van der Waals surface area contributed by atoms with Crippen LogP contribution in [0.3, 0.4) is 0 Å². The van der Waals surface area contributed by atoms with E-state index in [-0.39, 0.29) is 23.2 Å². The quantitative estimate of drug-likeness (QED) is 0.472. The van der Waals surface area contributed by atoms with Crippen molar-refractivity contribution in [1.29, 1.82) is 0 Å². The molecule has 0 N–H and O–H groups in total. The predicted molar refractivity (Wildman–Crippen MR) is 120 cm³/mol. The molecule has 1 amide bonds. The summed E-state index contributed by atoms with van der Waals surface area (Å²) in [4.78, 5) is 25.9. The monoisotopic (exact) mass is 437 g/mol. The Kier molecular flexibility index (Phi) is 5.18. The molecule has 0 bridgehead atoms. The minimum atomic E-state index is -4.16. The zero-order valence-corrected chi connectivity index (χ0v) is 18.4. The van der Waals surface area contributed by atoms with Crippen LogP contribution < -0.4 is 0 Å². The molecule has 0 fully saturated rings. The van der Waals surface area contributed by atoms with E-state index in [0.717, 1.165) is 15.2 Å². The minimum Gasteiger partial charge on any atom is -0.333 e. The first-order chi connectivity index (χ1) is 14.8. The molecule has 4 aromatic rings. The third-order valence-corrected chi connectivity index (χ3v) is 7.21. The van der Waals surface area contributed by atoms with Crippen molar-refractivity contribution in [3.05, 3.63) is 66.4 Å². The van der Waals surface area contributed by atoms with Crippen LogP contribution in [0.4, 0.5) is 0 Å². The molecular weight excluding hydrogens is 414 g/mol. The molecule has 0 saturated heterocycles. The summed E-state index contributed by atoms with van der Waals surface area (Å²) in [6.45, 7) is 3.16. The highest BCUT2D eigenvalue weighted by molar-refractivity contribution is 7.89. The first-order valence-electron chi connectivity index (χ1n) is 10.00. The van der Waals surface area contributed by atoms with Crippen LogP contribution in [-0.2, 0) is 17.1 Å². The van der Waals surface area contributed by atoms with Crippen LogP contribution in [0.1, 0.15) is 35.6 Å². The molecule has 0 aliphatic heterocycles. The maximum absolute atomic E-state index is 13.6. The van der Waals surface area contributed by atoms with Gasteiger partial charge >= 0.3 is 0 Å². The van der Waals surface area contributed by atoms with Gasteiger partial charge in [-0.1, -0.05) is 43.3 Å². The molecule has 2 heterocycles. The van der Waals surface area contributed by atoms with Crippen LogP contribution in [0, 0.1) is 0 Å². The Morgan fingerprint density at radius 1 is 0.935 bits per heavy atom. The van der Waals surface area contributed by atoms with E-state index in [9.17, 15) is 18.0 Å². The number of hydrogen-bond donors (Lipinski definition) is 0. The summed E-state index contributed by atoms with van der Waals surface area (Å²) in [7, 11) is -2.50. The van der Waals surface area contributed by atoms with Crippen LogP contribution in [0.25, 0.3) is 21.8 Å². The Balaban J connectivity index is 1.88. The molecule has 2 aromatic heterocycles. The first-order valence-corrected chi connectivity index (χ1v) is 11.4. The van der Waals surface area contributed by atoms with Crippen LogP contribution in [0.2, 0.25) is 0 Å². The summed E-state index contributed by atoms with van der Waals surface area (Å²) in [5.41, 5.74) is 1.35. The van der Waals surface area contributed by atoms with Crippen molar-refractivity contribution >= 4 is 43.6 Å². The van der Waals surface area contributed by atoms with Gasteiger partial charge in [-0.3, -0.25) is 14.2 Å². The largest absolute Gasteiger partial charge is 0.333 e. The third kappa shape index (κ3) is 3.33. The van der Waals surface area contributed by atoms with Gasteiger partial charge in [-0.2, -0.15) is 8.42 Å². The Morgan fingerprint density at radius 2 is 1.52 bits per heavy atom. The van der Waals surface area contributed by atoms with E-state index >= 15 is 0 Å². The van der Waals surface area contributed by atoms with Gasteiger partial charge < -0.3 is 4.57 Å². The van der Waals surface area contributed by atoms with Gasteiger partial charge in [0.15, 0.2) is 5.03 Å². The van der Waals surface area contributed by atoms with E-state index < -0.39 is 15.9 Å². The molecule has 0 saturated carbocycles. The van der Waals surface area contributed by atoms with E-state index in [1.807, 2.05) is 24.3 Å². The van der Waals surface area contributed by atoms with E-state index in [1.54, 1.807) is 54.9 Å². The van der Waals surface area contributed by atoms with Gasteiger partial charge in [-0.15, -0.1) is 0 Å². The van der Waals surface area contributed by atoms with Crippen molar-refractivity contribution < 1.29 is 18.0 Å². The first kappa shape index (κ1) is 20.9. The van der Waals surface area contributed by atoms with Gasteiger partial charge in [0, 0.05) is 36.8 Å². The molecule has 0 atom stereocenters. The number of rotatable bonds is 5. The molecule has 0 aliphatic carbocycles. The lowest BCUT2D eigenvalue weighted by molar-refractivity contribution is 0.0827. The van der Waals surface area contributed by atoms with Crippen LogP contribution in [-0.4, -0.2) is 40.2 Å². The fourth-order valence-corrected chi connectivity index (χ4v) is 5.62. The highest BCUT2D eigenvalue weighted by atomic mass is 32.2. The third-order valence-electron chi connectivity index (χ3n) is 5.36. The van der Waals surface area contributed by atoms with Gasteiger partial charge in [-0.05, 0) is 30.7 Å². The standard InChI is InChI=1S/C23H23N3O4S/c1-4-13-25(31(29,30)22-15-18-10-5-7-11-19(18)24(22)3)23(28)21-14-17-9-6-8-12-20(17)26(21)16(2)27/h5-12,14-15H,4,13H2,1-3H3. The minimum absolute atomic E-state index is 0.00211. The molecule has 0 spiro atoms. The average Bonchev–Trinajstić information content (AvgIpc) is 3.30. The molecule has 0 radical (unpaired) electrons. The molecule has 7 nitrogen and oxygen atoms in total. The summed E-state index contributed by atoms with van der Waals surface area (Å²) < 4.78 is 30.9. The van der Waals surface area contributed by atoms with E-state index in [4.69, 9.17) is 0 Å². The number of nitrogens with zero attached hydrogens (tertiary/aromatic N) is 3. The number of sulfonamides is 1. The summed E-state index contributed by atoms with van der Waals surface area (Å²) in [6.07, 6.45) is 0.440. The number of fused-ring (bicyclic) bond motifs is 2. The zero-order valence-electron chi connectivity index (χ0n) is 17.6. The molecule has 0 aliphatic rings. The number of para-hydroxylation sites is 2. The number of aryl methyl sites for hydroxylation is 1. The summed E-state index contributed by atoms with van der Waals surface area (Å²) >= 11 is 0. The normalized spacial score (nSPS) is 11.8. The van der Waals surface area contributed by atoms with Crippen LogP contribution in [0.5, 0.6) is 0 Å². The van der Waals surface area contributed by atoms with Gasteiger partial charge in [0.1, 0.15) is 5.69 Å². The molecular formula is C23H23N3O4S. The summed E-state index contributed by atoms with van der Waals surface area (Å²) in [6, 6.07) is 17.5. The molecule has 160 valence electrons. The number of amides is 1. The van der Waals surface area contributed by atoms with Crippen molar-refractivity contribution in [3.8, 4) is 0 Å². The van der Waals surface area contributed by atoms with Gasteiger partial charge in [0.05, 0.1) is 5.52 Å². The van der Waals surface area contributed by atoms with Crippen molar-refractivity contribution in [1.82, 2.24) is 13.4 Å². The van der Waals surface area contributed by atoms with E-state index in [2.05, 4.69) is 0 Å². The second kappa shape index (κ2) is 7.70. The van der Waals surface area contributed by atoms with E-state index in [1.165, 1.54) is 11.5 Å². The molecule has 0 unspecified atom stereocenters. The van der Waals surface area contributed by atoms with Gasteiger partial charge in [-0.25, -0.2) is 4.31 Å². The Bertz CT molecular complexity index is 1430. The topological polar surface area (TPSA) is 81.4 Å². The predicted octanol–water partition coefficient (Wildman–Crippen LogP) is 4.03. The lowest BCUT2D eigenvalue weighted by atomic mass is 10.2. The molecule has 31 heavy (non-hydrogen) atoms. The van der Waals surface area contributed by atoms with Crippen LogP contribution in [0.15, 0.2) is 65.7 Å². The SMILES string of the molecule is CCCN(C(=O)c1cc2ccccc2n1C(C)=O)S(=O)(=O)c1cc2ccccc2n1C. The average molecular weight is 438 g/mol. The van der Waals surface area contributed by atoms with Crippen molar-refractivity contribution in [2.45, 2.75) is 25.3 Å². The van der Waals surface area contributed by atoms with Gasteiger partial charge in [0.2, 0.25) is 5.91 Å². The van der Waals surface area contributed by atoms with Crippen molar-refractivity contribution in [3.63, 3.8) is 0 Å². The zero-order chi connectivity index (χ0) is 22.3. The lowest BCUT2D eigenvalue weighted by Gasteiger charge is -2.22. The molecule has 2 aromatic carbocycles. The summed E-state index contributed by atoms with van der Waals surface area (Å²) in [5, 5.41) is 1.49. The summed E-state index contributed by atoms with van der Waals surface area (Å²) in [5.74, 6) is -1.08. The number of hydrogen-bond acceptors (Lipinski definition) is 4. The fourth-order valence-electron chi connectivity index (χ4n) is 3.94. The second-order valence-corrected chi connectivity index (χ2v) is 9.23. The number of aromatic nitrogens is 2. The number of benzene rings is 2. The maximum Gasteiger partial charge on any atom is 0.284 e. The van der Waals surface area contributed by atoms with Gasteiger partial charge in [0.25, 0.3) is 15.9 Å². The fraction of sp³-hybridized carbons (Fsp3) is 0.217. The smallest absolute Gasteiger partial charge is 0.284 e. The van der Waals surface area contributed by atoms with E-state index in [0.29, 0.717) is 17.3 Å². The number of carbonyl (C=O) groups is 2. The highest BCUT2D eigenvalue weighted by Gasteiger charge is 2.34. The Hall–Kier alpha value is -3.39. The second-order valence-electron chi connectivity index (χ2n) is 7.43. The van der Waals surface area contributed by atoms with Crippen molar-refractivity contribution in [2.24, 2.45) is 7.05 Å². The highest BCUT2D eigenvalue weighted by Crippen LogP contribution is 2.27. The van der Waals surface area contributed by atoms with Crippen LogP contribution >= 0.6 is 0 Å². The molecule has 4 rings (SSSR count). The van der Waals surface area contributed by atoms with Crippen molar-refractivity contribution in [2.75, 3.05) is 6.54 Å². The lowest BCUT2D eigenvalue weighted by Crippen LogP contribution is -2.39. The Labute approximate surface area is 180 Å². The Morgan fingerprint density at radius 3 is 2.10 bits per heavy atom.